The number of halogens is 1. The molecule has 0 fully saturated rings. The van der Waals surface area contributed by atoms with Gasteiger partial charge in [0.25, 0.3) is 5.91 Å². The van der Waals surface area contributed by atoms with E-state index in [9.17, 15) is 22.4 Å². The zero-order valence-corrected chi connectivity index (χ0v) is 18.8. The highest BCUT2D eigenvalue weighted by Crippen LogP contribution is 2.20. The van der Waals surface area contributed by atoms with Gasteiger partial charge in [0.1, 0.15) is 11.5 Å². The summed E-state index contributed by atoms with van der Waals surface area (Å²) in [6.07, 6.45) is 0. The van der Waals surface area contributed by atoms with Gasteiger partial charge in [-0.05, 0) is 42.0 Å². The summed E-state index contributed by atoms with van der Waals surface area (Å²) in [6.45, 7) is -0.466. The molecule has 10 heteroatoms. The normalized spacial score (nSPS) is 11.1. The number of likely N-dealkylation sites (N-methyl/N-ethyl adjacent to an activating group) is 1. The number of furan rings is 1. The maximum absolute atomic E-state index is 13.8. The maximum Gasteiger partial charge on any atom is 0.374 e. The van der Waals surface area contributed by atoms with Crippen molar-refractivity contribution in [3.05, 3.63) is 83.6 Å². The molecule has 0 atom stereocenters. The van der Waals surface area contributed by atoms with Gasteiger partial charge in [0.05, 0.1) is 12.0 Å². The predicted molar refractivity (Wildman–Crippen MR) is 116 cm³/mol. The number of benzene rings is 2. The second kappa shape index (κ2) is 10.3. The van der Waals surface area contributed by atoms with Crippen molar-refractivity contribution in [2.45, 2.75) is 17.2 Å². The summed E-state index contributed by atoms with van der Waals surface area (Å²) in [5.41, 5.74) is 0.533. The maximum atomic E-state index is 13.8. The summed E-state index contributed by atoms with van der Waals surface area (Å²) in [6, 6.07) is 14.8. The minimum absolute atomic E-state index is 0.0655. The molecule has 0 unspecified atom stereocenters. The minimum Gasteiger partial charge on any atom is -0.494 e. The number of sulfone groups is 1. The third-order valence-electron chi connectivity index (χ3n) is 4.69. The van der Waals surface area contributed by atoms with E-state index in [2.05, 4.69) is 0 Å². The molecule has 0 N–H and O–H groups in total. The Hall–Kier alpha value is -3.66. The average molecular weight is 475 g/mol. The number of carbonyl (C=O) groups is 2. The summed E-state index contributed by atoms with van der Waals surface area (Å²) < 4.78 is 53.8. The second-order valence-electron chi connectivity index (χ2n) is 7.13. The Labute approximate surface area is 190 Å². The fraction of sp³-hybridized carbons (Fsp3) is 0.217. The molecule has 0 bridgehead atoms. The van der Waals surface area contributed by atoms with Crippen LogP contribution in [0.5, 0.6) is 5.75 Å². The zero-order valence-electron chi connectivity index (χ0n) is 18.0. The third kappa shape index (κ3) is 6.19. The zero-order chi connectivity index (χ0) is 24.0. The molecule has 0 aliphatic carbocycles. The van der Waals surface area contributed by atoms with E-state index in [1.54, 1.807) is 24.3 Å². The number of esters is 1. The molecule has 1 amide bonds. The van der Waals surface area contributed by atoms with E-state index in [0.717, 1.165) is 0 Å². The highest BCUT2D eigenvalue weighted by Gasteiger charge is 2.21. The van der Waals surface area contributed by atoms with Gasteiger partial charge in [-0.3, -0.25) is 4.79 Å². The Bertz CT molecular complexity index is 1240. The van der Waals surface area contributed by atoms with Crippen molar-refractivity contribution in [3.63, 3.8) is 0 Å². The largest absolute Gasteiger partial charge is 0.494 e. The average Bonchev–Trinajstić information content (AvgIpc) is 3.25. The first-order valence-electron chi connectivity index (χ1n) is 9.79. The van der Waals surface area contributed by atoms with Crippen LogP contribution in [-0.2, 0) is 31.7 Å². The molecular weight excluding hydrogens is 453 g/mol. The number of hydrogen-bond donors (Lipinski definition) is 0. The Morgan fingerprint density at radius 2 is 1.79 bits per heavy atom. The van der Waals surface area contributed by atoms with Crippen molar-refractivity contribution >= 4 is 21.7 Å². The third-order valence-corrected chi connectivity index (χ3v) is 6.34. The molecule has 0 saturated heterocycles. The molecule has 174 valence electrons. The SMILES string of the molecule is COc1ccc(CN(C)C(=O)COC(=O)c2ccc(CS(=O)(=O)c3ccccc3)o2)cc1F. The highest BCUT2D eigenvalue weighted by molar-refractivity contribution is 7.90. The van der Waals surface area contributed by atoms with E-state index in [4.69, 9.17) is 13.9 Å². The van der Waals surface area contributed by atoms with Crippen molar-refractivity contribution in [2.75, 3.05) is 20.8 Å². The molecule has 1 heterocycles. The second-order valence-corrected chi connectivity index (χ2v) is 9.12. The van der Waals surface area contributed by atoms with Crippen molar-refractivity contribution in [1.82, 2.24) is 4.90 Å². The fourth-order valence-electron chi connectivity index (χ4n) is 2.94. The van der Waals surface area contributed by atoms with Crippen LogP contribution in [0, 0.1) is 5.82 Å². The molecule has 33 heavy (non-hydrogen) atoms. The number of nitrogens with zero attached hydrogens (tertiary/aromatic N) is 1. The van der Waals surface area contributed by atoms with E-state index in [1.165, 1.54) is 55.5 Å². The number of rotatable bonds is 9. The molecule has 3 aromatic rings. The lowest BCUT2D eigenvalue weighted by Crippen LogP contribution is -2.30. The Balaban J connectivity index is 1.54. The van der Waals surface area contributed by atoms with Gasteiger partial charge in [0.2, 0.25) is 5.76 Å². The summed E-state index contributed by atoms with van der Waals surface area (Å²) in [4.78, 5) is 25.9. The molecule has 2 aromatic carbocycles. The van der Waals surface area contributed by atoms with Crippen LogP contribution in [0.4, 0.5) is 4.39 Å². The van der Waals surface area contributed by atoms with Gasteiger partial charge in [-0.1, -0.05) is 24.3 Å². The molecule has 0 spiro atoms. The number of hydrogen-bond acceptors (Lipinski definition) is 7. The standard InChI is InChI=1S/C23H22FNO7S/c1-25(13-16-8-10-20(30-2)19(24)12-16)22(26)14-31-23(27)21-11-9-17(32-21)15-33(28,29)18-6-4-3-5-7-18/h3-12H,13-15H2,1-2H3. The minimum atomic E-state index is -3.64. The number of methoxy groups -OCH3 is 1. The van der Waals surface area contributed by atoms with Gasteiger partial charge in [0, 0.05) is 13.6 Å². The van der Waals surface area contributed by atoms with E-state index in [0.29, 0.717) is 5.56 Å². The smallest absolute Gasteiger partial charge is 0.374 e. The topological polar surface area (TPSA) is 103 Å². The van der Waals surface area contributed by atoms with Gasteiger partial charge in [0.15, 0.2) is 28.0 Å². The molecule has 0 aliphatic rings. The molecule has 8 nitrogen and oxygen atoms in total. The lowest BCUT2D eigenvalue weighted by atomic mass is 10.2. The summed E-state index contributed by atoms with van der Waals surface area (Å²) in [7, 11) is -0.804. The van der Waals surface area contributed by atoms with Crippen LogP contribution in [0.15, 0.2) is 70.0 Å². The molecule has 0 aliphatic heterocycles. The summed E-state index contributed by atoms with van der Waals surface area (Å²) in [5, 5.41) is 0. The van der Waals surface area contributed by atoms with Crippen LogP contribution in [0.2, 0.25) is 0 Å². The first-order chi connectivity index (χ1) is 15.7. The van der Waals surface area contributed by atoms with Crippen LogP contribution < -0.4 is 4.74 Å². The lowest BCUT2D eigenvalue weighted by molar-refractivity contribution is -0.133. The van der Waals surface area contributed by atoms with E-state index in [1.807, 2.05) is 0 Å². The van der Waals surface area contributed by atoms with Gasteiger partial charge >= 0.3 is 5.97 Å². The molecular formula is C23H22FNO7S. The van der Waals surface area contributed by atoms with Gasteiger partial charge in [-0.2, -0.15) is 0 Å². The van der Waals surface area contributed by atoms with Gasteiger partial charge in [-0.15, -0.1) is 0 Å². The van der Waals surface area contributed by atoms with Gasteiger partial charge in [-0.25, -0.2) is 17.6 Å². The van der Waals surface area contributed by atoms with Crippen molar-refractivity contribution in [2.24, 2.45) is 0 Å². The Morgan fingerprint density at radius 1 is 1.06 bits per heavy atom. The van der Waals surface area contributed by atoms with Crippen LogP contribution in [0.1, 0.15) is 21.9 Å². The van der Waals surface area contributed by atoms with E-state index < -0.39 is 39.9 Å². The number of ether oxygens (including phenoxy) is 2. The van der Waals surface area contributed by atoms with Gasteiger partial charge < -0.3 is 18.8 Å². The first kappa shape index (κ1) is 24.0. The van der Waals surface area contributed by atoms with Crippen LogP contribution in [-0.4, -0.2) is 46.0 Å². The molecule has 3 rings (SSSR count). The monoisotopic (exact) mass is 475 g/mol. The molecule has 0 radical (unpaired) electrons. The Morgan fingerprint density at radius 3 is 2.45 bits per heavy atom. The lowest BCUT2D eigenvalue weighted by Gasteiger charge is -2.17. The first-order valence-corrected chi connectivity index (χ1v) is 11.4. The summed E-state index contributed by atoms with van der Waals surface area (Å²) >= 11 is 0. The molecule has 0 saturated carbocycles. The Kier molecular flexibility index (Phi) is 7.49. The van der Waals surface area contributed by atoms with Crippen molar-refractivity contribution in [3.8, 4) is 5.75 Å². The van der Waals surface area contributed by atoms with Crippen molar-refractivity contribution < 1.29 is 36.3 Å². The molecule has 1 aromatic heterocycles. The van der Waals surface area contributed by atoms with Crippen LogP contribution in [0.3, 0.4) is 0 Å². The quantitative estimate of drug-likeness (QED) is 0.438. The summed E-state index contributed by atoms with van der Waals surface area (Å²) in [5.74, 6) is -2.46. The van der Waals surface area contributed by atoms with E-state index in [-0.39, 0.29) is 28.7 Å². The number of carbonyl (C=O) groups excluding carboxylic acids is 2. The van der Waals surface area contributed by atoms with Crippen LogP contribution in [0.25, 0.3) is 0 Å². The fourth-order valence-corrected chi connectivity index (χ4v) is 4.21. The number of amides is 1. The van der Waals surface area contributed by atoms with Crippen LogP contribution >= 0.6 is 0 Å². The predicted octanol–water partition coefficient (Wildman–Crippen LogP) is 3.22. The van der Waals surface area contributed by atoms with Crippen molar-refractivity contribution in [1.29, 1.82) is 0 Å². The van der Waals surface area contributed by atoms with E-state index >= 15 is 0 Å². The highest BCUT2D eigenvalue weighted by atomic mass is 32.2.